The summed E-state index contributed by atoms with van der Waals surface area (Å²) in [5.41, 5.74) is 6.37. The Kier molecular flexibility index (Phi) is 6.27. The van der Waals surface area contributed by atoms with E-state index in [0.29, 0.717) is 22.9 Å². The van der Waals surface area contributed by atoms with Crippen molar-refractivity contribution in [2.75, 3.05) is 12.4 Å². The van der Waals surface area contributed by atoms with Gasteiger partial charge in [-0.15, -0.1) is 0 Å². The van der Waals surface area contributed by atoms with Crippen molar-refractivity contribution in [1.82, 2.24) is 5.16 Å². The van der Waals surface area contributed by atoms with Gasteiger partial charge in [0, 0.05) is 11.1 Å². The fourth-order valence-corrected chi connectivity index (χ4v) is 4.25. The molecule has 6 nitrogen and oxygen atoms in total. The number of carbonyl (C=O) groups is 1. The monoisotopic (exact) mass is 468 g/mol. The molecule has 6 heteroatoms. The molecule has 0 bridgehead atoms. The molecule has 1 amide bonds. The third-order valence-electron chi connectivity index (χ3n) is 6.39. The molecule has 0 spiro atoms. The molecule has 5 rings (SSSR count). The van der Waals surface area contributed by atoms with Gasteiger partial charge in [0.15, 0.2) is 5.76 Å². The largest absolute Gasteiger partial charge is 0.496 e. The zero-order chi connectivity index (χ0) is 24.4. The van der Waals surface area contributed by atoms with Gasteiger partial charge < -0.3 is 14.0 Å². The molecule has 4 aromatic rings. The standard InChI is InChI=1S/C29H28N2O4/c1-18-27(30-29(32)34-19(2)25-6-4-5-7-26(25)33-3)28(35-31-18)24-16-14-23(15-17-24)22-12-10-21(11-13-22)20-8-9-20/h4-7,10-17,19-20H,8-9H2,1-3H3,(H,30,32). The van der Waals surface area contributed by atoms with Crippen LogP contribution in [0.15, 0.2) is 77.3 Å². The number of anilines is 1. The highest BCUT2D eigenvalue weighted by molar-refractivity contribution is 5.91. The zero-order valence-electron chi connectivity index (χ0n) is 20.1. The summed E-state index contributed by atoms with van der Waals surface area (Å²) in [6, 6.07) is 24.3. The first-order valence-corrected chi connectivity index (χ1v) is 11.8. The number of amides is 1. The molecule has 1 fully saturated rings. The van der Waals surface area contributed by atoms with E-state index in [1.807, 2.05) is 48.5 Å². The Bertz CT molecular complexity index is 1320. The van der Waals surface area contributed by atoms with Crippen LogP contribution in [0.5, 0.6) is 5.75 Å². The van der Waals surface area contributed by atoms with E-state index in [0.717, 1.165) is 22.6 Å². The first-order valence-electron chi connectivity index (χ1n) is 11.8. The van der Waals surface area contributed by atoms with Gasteiger partial charge in [-0.1, -0.05) is 71.9 Å². The minimum Gasteiger partial charge on any atom is -0.496 e. The van der Waals surface area contributed by atoms with E-state index in [9.17, 15) is 4.79 Å². The second kappa shape index (κ2) is 9.66. The lowest BCUT2D eigenvalue weighted by Crippen LogP contribution is -2.17. The summed E-state index contributed by atoms with van der Waals surface area (Å²) in [6.45, 7) is 3.58. The Balaban J connectivity index is 1.30. The van der Waals surface area contributed by atoms with Gasteiger partial charge >= 0.3 is 6.09 Å². The molecule has 1 N–H and O–H groups in total. The zero-order valence-corrected chi connectivity index (χ0v) is 20.1. The summed E-state index contributed by atoms with van der Waals surface area (Å²) in [5, 5.41) is 6.86. The second-order valence-electron chi connectivity index (χ2n) is 8.86. The minimum absolute atomic E-state index is 0.486. The van der Waals surface area contributed by atoms with Crippen molar-refractivity contribution < 1.29 is 18.8 Å². The van der Waals surface area contributed by atoms with Crippen molar-refractivity contribution >= 4 is 11.8 Å². The maximum Gasteiger partial charge on any atom is 0.412 e. The Morgan fingerprint density at radius 1 is 0.971 bits per heavy atom. The number of aryl methyl sites for hydroxylation is 1. The van der Waals surface area contributed by atoms with Crippen LogP contribution in [0, 0.1) is 6.92 Å². The van der Waals surface area contributed by atoms with Crippen molar-refractivity contribution in [3.05, 3.63) is 89.6 Å². The summed E-state index contributed by atoms with van der Waals surface area (Å²) in [4.78, 5) is 12.7. The third kappa shape index (κ3) is 4.92. The normalized spacial score (nSPS) is 13.8. The number of nitrogens with one attached hydrogen (secondary N) is 1. The number of hydrogen-bond acceptors (Lipinski definition) is 5. The number of ether oxygens (including phenoxy) is 2. The number of carbonyl (C=O) groups excluding carboxylic acids is 1. The van der Waals surface area contributed by atoms with E-state index in [-0.39, 0.29) is 0 Å². The Labute approximate surface area is 204 Å². The predicted molar refractivity (Wildman–Crippen MR) is 136 cm³/mol. The van der Waals surface area contributed by atoms with Gasteiger partial charge in [-0.3, -0.25) is 5.32 Å². The van der Waals surface area contributed by atoms with Crippen LogP contribution in [-0.4, -0.2) is 18.4 Å². The summed E-state index contributed by atoms with van der Waals surface area (Å²) < 4.78 is 16.5. The maximum atomic E-state index is 12.7. The number of hydrogen-bond donors (Lipinski definition) is 1. The number of benzene rings is 3. The van der Waals surface area contributed by atoms with Crippen LogP contribution < -0.4 is 10.1 Å². The van der Waals surface area contributed by atoms with Crippen molar-refractivity contribution in [2.45, 2.75) is 38.7 Å². The molecule has 3 aromatic carbocycles. The lowest BCUT2D eigenvalue weighted by molar-refractivity contribution is 0.119. The number of nitrogens with zero attached hydrogens (tertiary/aromatic N) is 1. The smallest absolute Gasteiger partial charge is 0.412 e. The molecule has 1 heterocycles. The Morgan fingerprint density at radius 2 is 1.60 bits per heavy atom. The van der Waals surface area contributed by atoms with Crippen LogP contribution in [0.2, 0.25) is 0 Å². The molecule has 1 saturated carbocycles. The van der Waals surface area contributed by atoms with E-state index < -0.39 is 12.2 Å². The van der Waals surface area contributed by atoms with E-state index in [2.05, 4.69) is 34.7 Å². The molecule has 35 heavy (non-hydrogen) atoms. The van der Waals surface area contributed by atoms with E-state index in [1.54, 1.807) is 21.0 Å². The van der Waals surface area contributed by atoms with Crippen LogP contribution in [0.1, 0.15) is 48.6 Å². The van der Waals surface area contributed by atoms with Crippen molar-refractivity contribution in [1.29, 1.82) is 0 Å². The van der Waals surface area contributed by atoms with Crippen LogP contribution in [-0.2, 0) is 4.74 Å². The highest BCUT2D eigenvalue weighted by Crippen LogP contribution is 2.40. The SMILES string of the molecule is COc1ccccc1C(C)OC(=O)Nc1c(C)noc1-c1ccc(-c2ccc(C3CC3)cc2)cc1. The Morgan fingerprint density at radius 3 is 2.26 bits per heavy atom. The van der Waals surface area contributed by atoms with Crippen LogP contribution in [0.3, 0.4) is 0 Å². The molecule has 178 valence electrons. The number of aromatic nitrogens is 1. The first-order chi connectivity index (χ1) is 17.0. The van der Waals surface area contributed by atoms with E-state index >= 15 is 0 Å². The van der Waals surface area contributed by atoms with Gasteiger partial charge in [0.2, 0.25) is 0 Å². The second-order valence-corrected chi connectivity index (χ2v) is 8.86. The highest BCUT2D eigenvalue weighted by atomic mass is 16.6. The van der Waals surface area contributed by atoms with Gasteiger partial charge in [0.25, 0.3) is 0 Å². The number of para-hydroxylation sites is 1. The number of methoxy groups -OCH3 is 1. The Hall–Kier alpha value is -4.06. The van der Waals surface area contributed by atoms with Gasteiger partial charge in [-0.05, 0) is 55.4 Å². The van der Waals surface area contributed by atoms with Gasteiger partial charge in [-0.2, -0.15) is 0 Å². The fourth-order valence-electron chi connectivity index (χ4n) is 4.25. The van der Waals surface area contributed by atoms with Crippen molar-refractivity contribution in [3.8, 4) is 28.2 Å². The molecular weight excluding hydrogens is 440 g/mol. The van der Waals surface area contributed by atoms with Crippen molar-refractivity contribution in [3.63, 3.8) is 0 Å². The molecule has 1 aromatic heterocycles. The molecule has 1 aliphatic carbocycles. The summed E-state index contributed by atoms with van der Waals surface area (Å²) in [5.74, 6) is 1.90. The van der Waals surface area contributed by atoms with E-state index in [1.165, 1.54) is 24.0 Å². The summed E-state index contributed by atoms with van der Waals surface area (Å²) in [7, 11) is 1.59. The van der Waals surface area contributed by atoms with Crippen LogP contribution >= 0.6 is 0 Å². The molecular formula is C29H28N2O4. The fraction of sp³-hybridized carbons (Fsp3) is 0.241. The highest BCUT2D eigenvalue weighted by Gasteiger charge is 2.23. The molecule has 0 saturated heterocycles. The predicted octanol–water partition coefficient (Wildman–Crippen LogP) is 7.51. The average molecular weight is 469 g/mol. The minimum atomic E-state index is -0.594. The van der Waals surface area contributed by atoms with E-state index in [4.69, 9.17) is 14.0 Å². The first kappa shape index (κ1) is 22.7. The van der Waals surface area contributed by atoms with Gasteiger partial charge in [0.1, 0.15) is 23.2 Å². The summed E-state index contributed by atoms with van der Waals surface area (Å²) in [6.07, 6.45) is 1.51. The topological polar surface area (TPSA) is 73.6 Å². The average Bonchev–Trinajstić information content (AvgIpc) is 3.68. The summed E-state index contributed by atoms with van der Waals surface area (Å²) >= 11 is 0. The molecule has 0 aliphatic heterocycles. The lowest BCUT2D eigenvalue weighted by Gasteiger charge is -2.17. The molecule has 1 atom stereocenters. The maximum absolute atomic E-state index is 12.7. The van der Waals surface area contributed by atoms with Crippen LogP contribution in [0.25, 0.3) is 22.5 Å². The quantitative estimate of drug-likeness (QED) is 0.304. The number of rotatable bonds is 7. The lowest BCUT2D eigenvalue weighted by atomic mass is 10.0. The molecule has 1 unspecified atom stereocenters. The third-order valence-corrected chi connectivity index (χ3v) is 6.39. The molecule has 0 radical (unpaired) electrons. The van der Waals surface area contributed by atoms with Gasteiger partial charge in [0.05, 0.1) is 7.11 Å². The van der Waals surface area contributed by atoms with Gasteiger partial charge in [-0.25, -0.2) is 4.79 Å². The van der Waals surface area contributed by atoms with Crippen LogP contribution in [0.4, 0.5) is 10.5 Å². The van der Waals surface area contributed by atoms with Crippen molar-refractivity contribution in [2.24, 2.45) is 0 Å². The molecule has 1 aliphatic rings.